The number of amides is 1. The molecule has 3 nitrogen and oxygen atoms in total. The lowest BCUT2D eigenvalue weighted by Gasteiger charge is -2.23. The molecule has 0 aliphatic carbocycles. The highest BCUT2D eigenvalue weighted by Crippen LogP contribution is 2.19. The minimum Gasteiger partial charge on any atom is -0.444 e. The molecule has 1 aromatic carbocycles. The first kappa shape index (κ1) is 15.3. The van der Waals surface area contributed by atoms with E-state index in [2.05, 4.69) is 11.9 Å². The zero-order valence-electron chi connectivity index (χ0n) is 12.0. The van der Waals surface area contributed by atoms with Crippen LogP contribution in [0.25, 0.3) is 0 Å². The number of nitrogens with one attached hydrogen (secondary N) is 1. The highest BCUT2D eigenvalue weighted by atomic mass is 16.6. The first-order valence-corrected chi connectivity index (χ1v) is 6.58. The Kier molecular flexibility index (Phi) is 5.61. The Morgan fingerprint density at radius 2 is 2.00 bits per heavy atom. The third-order valence-electron chi connectivity index (χ3n) is 2.55. The summed E-state index contributed by atoms with van der Waals surface area (Å²) in [6, 6.07) is 9.85. The second-order valence-corrected chi connectivity index (χ2v) is 5.48. The van der Waals surface area contributed by atoms with E-state index in [9.17, 15) is 4.79 Å². The van der Waals surface area contributed by atoms with E-state index < -0.39 is 5.60 Å². The van der Waals surface area contributed by atoms with Gasteiger partial charge in [0.15, 0.2) is 0 Å². The van der Waals surface area contributed by atoms with Crippen molar-refractivity contribution in [2.24, 2.45) is 0 Å². The van der Waals surface area contributed by atoms with E-state index in [4.69, 9.17) is 4.74 Å². The molecule has 1 unspecified atom stereocenters. The molecule has 0 aliphatic rings. The first-order valence-electron chi connectivity index (χ1n) is 6.58. The molecule has 0 heterocycles. The van der Waals surface area contributed by atoms with Crippen LogP contribution >= 0.6 is 0 Å². The van der Waals surface area contributed by atoms with Gasteiger partial charge in [-0.3, -0.25) is 0 Å². The van der Waals surface area contributed by atoms with Gasteiger partial charge < -0.3 is 10.1 Å². The van der Waals surface area contributed by atoms with E-state index >= 15 is 0 Å². The average molecular weight is 261 g/mol. The summed E-state index contributed by atoms with van der Waals surface area (Å²) in [6.45, 7) is 9.29. The summed E-state index contributed by atoms with van der Waals surface area (Å²) in [7, 11) is 0. The molecule has 0 spiro atoms. The second kappa shape index (κ2) is 6.98. The molecular weight excluding hydrogens is 238 g/mol. The largest absolute Gasteiger partial charge is 0.444 e. The number of ether oxygens (including phenoxy) is 1. The van der Waals surface area contributed by atoms with E-state index in [0.29, 0.717) is 0 Å². The molecule has 1 rings (SSSR count). The van der Waals surface area contributed by atoms with Gasteiger partial charge in [-0.2, -0.15) is 0 Å². The average Bonchev–Trinajstić information content (AvgIpc) is 2.33. The van der Waals surface area contributed by atoms with E-state index in [1.54, 1.807) is 0 Å². The van der Waals surface area contributed by atoms with Crippen LogP contribution in [0, 0.1) is 0 Å². The number of hydrogen-bond acceptors (Lipinski definition) is 2. The maximum Gasteiger partial charge on any atom is 0.408 e. The number of alkyl carbamates (subject to hydrolysis) is 1. The Morgan fingerprint density at radius 1 is 1.37 bits per heavy atom. The summed E-state index contributed by atoms with van der Waals surface area (Å²) in [5.41, 5.74) is 0.597. The third kappa shape index (κ3) is 6.09. The Labute approximate surface area is 115 Å². The number of allylic oxidation sites excluding steroid dienone is 1. The number of benzene rings is 1. The molecule has 0 bridgehead atoms. The molecule has 0 fully saturated rings. The monoisotopic (exact) mass is 261 g/mol. The molecular formula is C16H23NO2. The summed E-state index contributed by atoms with van der Waals surface area (Å²) in [5, 5.41) is 2.92. The Morgan fingerprint density at radius 3 is 2.53 bits per heavy atom. The quantitative estimate of drug-likeness (QED) is 0.806. The van der Waals surface area contributed by atoms with Crippen LogP contribution in [0.4, 0.5) is 4.79 Å². The van der Waals surface area contributed by atoms with Crippen LogP contribution in [0.5, 0.6) is 0 Å². The smallest absolute Gasteiger partial charge is 0.408 e. The van der Waals surface area contributed by atoms with Crippen molar-refractivity contribution in [2.45, 2.75) is 45.3 Å². The first-order chi connectivity index (χ1) is 8.92. The molecule has 0 saturated carbocycles. The van der Waals surface area contributed by atoms with Crippen molar-refractivity contribution >= 4 is 6.09 Å². The van der Waals surface area contributed by atoms with Crippen molar-refractivity contribution < 1.29 is 9.53 Å². The topological polar surface area (TPSA) is 38.3 Å². The van der Waals surface area contributed by atoms with Crippen LogP contribution in [-0.4, -0.2) is 11.7 Å². The predicted molar refractivity (Wildman–Crippen MR) is 78.0 cm³/mol. The Hall–Kier alpha value is -1.77. The molecule has 3 heteroatoms. The maximum absolute atomic E-state index is 11.8. The Bertz CT molecular complexity index is 407. The molecule has 0 aliphatic heterocycles. The van der Waals surface area contributed by atoms with Crippen molar-refractivity contribution in [1.82, 2.24) is 5.32 Å². The summed E-state index contributed by atoms with van der Waals surface area (Å²) >= 11 is 0. The maximum atomic E-state index is 11.8. The van der Waals surface area contributed by atoms with Gasteiger partial charge in [0.1, 0.15) is 5.60 Å². The van der Waals surface area contributed by atoms with Crippen LogP contribution in [0.2, 0.25) is 0 Å². The van der Waals surface area contributed by atoms with Gasteiger partial charge in [-0.05, 0) is 39.2 Å². The molecule has 1 aromatic rings. The van der Waals surface area contributed by atoms with Crippen molar-refractivity contribution in [3.8, 4) is 0 Å². The lowest BCUT2D eigenvalue weighted by molar-refractivity contribution is 0.0501. The summed E-state index contributed by atoms with van der Waals surface area (Å²) < 4.78 is 5.29. The predicted octanol–water partition coefficient (Wildman–Crippen LogP) is 4.22. The molecule has 1 atom stereocenters. The fourth-order valence-corrected chi connectivity index (χ4v) is 1.74. The fraction of sp³-hybridized carbons (Fsp3) is 0.438. The van der Waals surface area contributed by atoms with Crippen LogP contribution in [-0.2, 0) is 4.74 Å². The van der Waals surface area contributed by atoms with Crippen molar-refractivity contribution in [2.75, 3.05) is 0 Å². The van der Waals surface area contributed by atoms with Gasteiger partial charge in [-0.25, -0.2) is 4.79 Å². The lowest BCUT2D eigenvalue weighted by Crippen LogP contribution is -2.35. The number of carbonyl (C=O) groups is 1. The number of rotatable bonds is 5. The summed E-state index contributed by atoms with van der Waals surface area (Å²) in [4.78, 5) is 11.8. The molecule has 0 radical (unpaired) electrons. The van der Waals surface area contributed by atoms with Gasteiger partial charge >= 0.3 is 6.09 Å². The van der Waals surface area contributed by atoms with Gasteiger partial charge in [0, 0.05) is 0 Å². The molecule has 19 heavy (non-hydrogen) atoms. The van der Waals surface area contributed by atoms with Crippen LogP contribution in [0.15, 0.2) is 43.0 Å². The van der Waals surface area contributed by atoms with Gasteiger partial charge in [0.2, 0.25) is 0 Å². The third-order valence-corrected chi connectivity index (χ3v) is 2.55. The number of hydrogen-bond donors (Lipinski definition) is 1. The molecule has 0 saturated heterocycles. The minimum atomic E-state index is -0.482. The SMILES string of the molecule is C=CCCC(NC(=O)OC(C)(C)C)c1ccccc1. The van der Waals surface area contributed by atoms with Crippen LogP contribution in [0.1, 0.15) is 45.2 Å². The lowest BCUT2D eigenvalue weighted by atomic mass is 10.0. The van der Waals surface area contributed by atoms with Gasteiger partial charge in [-0.15, -0.1) is 6.58 Å². The zero-order chi connectivity index (χ0) is 14.3. The highest BCUT2D eigenvalue weighted by Gasteiger charge is 2.19. The van der Waals surface area contributed by atoms with Gasteiger partial charge in [0.25, 0.3) is 0 Å². The second-order valence-electron chi connectivity index (χ2n) is 5.48. The Balaban J connectivity index is 2.70. The van der Waals surface area contributed by atoms with Crippen LogP contribution < -0.4 is 5.32 Å². The van der Waals surface area contributed by atoms with Crippen LogP contribution in [0.3, 0.4) is 0 Å². The van der Waals surface area contributed by atoms with Crippen molar-refractivity contribution in [1.29, 1.82) is 0 Å². The summed E-state index contributed by atoms with van der Waals surface area (Å²) in [6.07, 6.45) is 3.12. The van der Waals surface area contributed by atoms with Gasteiger partial charge in [-0.1, -0.05) is 36.4 Å². The standard InChI is InChI=1S/C16H23NO2/c1-5-6-12-14(13-10-8-7-9-11-13)17-15(18)19-16(2,3)4/h5,7-11,14H,1,6,12H2,2-4H3,(H,17,18). The van der Waals surface area contributed by atoms with Crippen molar-refractivity contribution in [3.05, 3.63) is 48.6 Å². The number of carbonyl (C=O) groups excluding carboxylic acids is 1. The molecule has 1 N–H and O–H groups in total. The normalized spacial score (nSPS) is 12.6. The minimum absolute atomic E-state index is 0.0472. The zero-order valence-corrected chi connectivity index (χ0v) is 12.0. The molecule has 0 aromatic heterocycles. The van der Waals surface area contributed by atoms with Crippen molar-refractivity contribution in [3.63, 3.8) is 0 Å². The van der Waals surface area contributed by atoms with E-state index in [0.717, 1.165) is 18.4 Å². The molecule has 1 amide bonds. The van der Waals surface area contributed by atoms with E-state index in [1.165, 1.54) is 0 Å². The van der Waals surface area contributed by atoms with E-state index in [-0.39, 0.29) is 12.1 Å². The van der Waals surface area contributed by atoms with E-state index in [1.807, 2.05) is 57.2 Å². The summed E-state index contributed by atoms with van der Waals surface area (Å²) in [5.74, 6) is 0. The highest BCUT2D eigenvalue weighted by molar-refractivity contribution is 5.68. The molecule has 104 valence electrons. The van der Waals surface area contributed by atoms with Gasteiger partial charge in [0.05, 0.1) is 6.04 Å². The fourth-order valence-electron chi connectivity index (χ4n) is 1.74.